The molecule has 6 atom stereocenters. The number of nitrogens with zero attached hydrogens (tertiary/aromatic N) is 1. The molecule has 4 rings (SSSR count). The van der Waals surface area contributed by atoms with Crippen molar-refractivity contribution in [3.8, 4) is 0 Å². The number of allylic oxidation sites excluding steroid dienone is 2. The first-order valence-corrected chi connectivity index (χ1v) is 10.4. The maximum Gasteiger partial charge on any atom is 0.157 e. The molecular formula is C22H35NO2. The van der Waals surface area contributed by atoms with Crippen LogP contribution >= 0.6 is 0 Å². The topological polar surface area (TPSA) is 29.5 Å². The molecule has 3 nitrogen and oxygen atoms in total. The van der Waals surface area contributed by atoms with Crippen LogP contribution in [0.15, 0.2) is 11.8 Å². The highest BCUT2D eigenvalue weighted by Crippen LogP contribution is 2.64. The Labute approximate surface area is 153 Å². The average Bonchev–Trinajstić information content (AvgIpc) is 2.91. The zero-order chi connectivity index (χ0) is 17.8. The van der Waals surface area contributed by atoms with Crippen LogP contribution in [-0.4, -0.2) is 37.0 Å². The van der Waals surface area contributed by atoms with E-state index in [1.54, 1.807) is 0 Å². The van der Waals surface area contributed by atoms with Gasteiger partial charge in [-0.05, 0) is 61.7 Å². The van der Waals surface area contributed by atoms with E-state index in [0.717, 1.165) is 50.2 Å². The summed E-state index contributed by atoms with van der Waals surface area (Å²) in [7, 11) is 2.21. The zero-order valence-electron chi connectivity index (χ0n) is 16.5. The molecule has 0 N–H and O–H groups in total. The van der Waals surface area contributed by atoms with Gasteiger partial charge in [0.25, 0.3) is 0 Å². The number of fused-ring (bicyclic) bond motifs is 5. The molecular weight excluding hydrogens is 310 g/mol. The molecule has 0 spiro atoms. The van der Waals surface area contributed by atoms with Gasteiger partial charge in [-0.15, -0.1) is 0 Å². The molecule has 3 fully saturated rings. The molecule has 3 aliphatic carbocycles. The van der Waals surface area contributed by atoms with Crippen molar-refractivity contribution in [2.45, 2.75) is 71.8 Å². The quantitative estimate of drug-likeness (QED) is 0.758. The van der Waals surface area contributed by atoms with Crippen molar-refractivity contribution in [3.63, 3.8) is 0 Å². The van der Waals surface area contributed by atoms with Crippen LogP contribution in [0.5, 0.6) is 0 Å². The second kappa shape index (κ2) is 6.11. The van der Waals surface area contributed by atoms with Crippen LogP contribution < -0.4 is 0 Å². The Hall–Kier alpha value is -0.830. The molecule has 2 saturated carbocycles. The van der Waals surface area contributed by atoms with Crippen molar-refractivity contribution in [1.29, 1.82) is 0 Å². The predicted molar refractivity (Wildman–Crippen MR) is 100 cm³/mol. The fourth-order valence-electron chi connectivity index (χ4n) is 6.97. The van der Waals surface area contributed by atoms with Crippen LogP contribution in [0.2, 0.25) is 0 Å². The number of piperidine rings is 1. The van der Waals surface area contributed by atoms with E-state index in [0.29, 0.717) is 17.3 Å². The molecule has 0 aromatic rings. The lowest BCUT2D eigenvalue weighted by atomic mass is 9.50. The van der Waals surface area contributed by atoms with Gasteiger partial charge < -0.3 is 9.64 Å². The Morgan fingerprint density at radius 3 is 2.84 bits per heavy atom. The van der Waals surface area contributed by atoms with E-state index < -0.39 is 0 Å². The van der Waals surface area contributed by atoms with Gasteiger partial charge in [-0.25, -0.2) is 0 Å². The standard InChI is InChI=1S/C22H35NO2/c1-5-10-25-16-12-19-17-14-23(4)20-11-15(24)6-9-22(20,3)18(17)7-8-21(19,2)13-16/h11,16-19H,5-10,12-14H2,1-4H3/t16?,17-,18-,19+,21-,22-/m1/s1. The van der Waals surface area contributed by atoms with Crippen molar-refractivity contribution in [1.82, 2.24) is 4.90 Å². The Bertz CT molecular complexity index is 585. The minimum absolute atomic E-state index is 0.204. The van der Waals surface area contributed by atoms with Gasteiger partial charge in [0.15, 0.2) is 5.78 Å². The van der Waals surface area contributed by atoms with Gasteiger partial charge in [-0.1, -0.05) is 20.8 Å². The predicted octanol–water partition coefficient (Wildman–Crippen LogP) is 4.42. The largest absolute Gasteiger partial charge is 0.378 e. The van der Waals surface area contributed by atoms with Crippen molar-refractivity contribution in [2.24, 2.45) is 28.6 Å². The monoisotopic (exact) mass is 345 g/mol. The second-order valence-corrected chi connectivity index (χ2v) is 9.80. The molecule has 1 saturated heterocycles. The minimum Gasteiger partial charge on any atom is -0.378 e. The van der Waals surface area contributed by atoms with Crippen molar-refractivity contribution < 1.29 is 9.53 Å². The average molecular weight is 346 g/mol. The summed E-state index contributed by atoms with van der Waals surface area (Å²) in [6.07, 6.45) is 10.5. The summed E-state index contributed by atoms with van der Waals surface area (Å²) < 4.78 is 6.19. The van der Waals surface area contributed by atoms with Gasteiger partial charge in [0, 0.05) is 43.8 Å². The Kier molecular flexibility index (Phi) is 4.30. The summed E-state index contributed by atoms with van der Waals surface area (Å²) in [6, 6.07) is 0. The second-order valence-electron chi connectivity index (χ2n) is 9.80. The summed E-state index contributed by atoms with van der Waals surface area (Å²) in [5, 5.41) is 0. The number of carbonyl (C=O) groups excluding carboxylic acids is 1. The Balaban J connectivity index is 1.61. The third-order valence-corrected chi connectivity index (χ3v) is 8.21. The lowest BCUT2D eigenvalue weighted by Gasteiger charge is -2.59. The number of ketones is 1. The van der Waals surface area contributed by atoms with Gasteiger partial charge in [0.1, 0.15) is 0 Å². The normalized spacial score (nSPS) is 46.3. The zero-order valence-corrected chi connectivity index (χ0v) is 16.5. The molecule has 4 aliphatic rings. The fraction of sp³-hybridized carbons (Fsp3) is 0.864. The number of likely N-dealkylation sites (tertiary alicyclic amines) is 1. The SMILES string of the molecule is CCCOC1C[C@H]2[C@@H]3CN(C)C4=CC(=O)CC[C@]4(C)[C@@H]3CC[C@]2(C)C1. The minimum atomic E-state index is 0.204. The Morgan fingerprint density at radius 1 is 1.28 bits per heavy atom. The third-order valence-electron chi connectivity index (χ3n) is 8.21. The Morgan fingerprint density at radius 2 is 2.08 bits per heavy atom. The van der Waals surface area contributed by atoms with E-state index in [4.69, 9.17) is 4.74 Å². The smallest absolute Gasteiger partial charge is 0.157 e. The number of carbonyl (C=O) groups is 1. The summed E-state index contributed by atoms with van der Waals surface area (Å²) in [5.41, 5.74) is 1.99. The van der Waals surface area contributed by atoms with Gasteiger partial charge in [-0.3, -0.25) is 4.79 Å². The third kappa shape index (κ3) is 2.69. The lowest BCUT2D eigenvalue weighted by molar-refractivity contribution is -0.118. The van der Waals surface area contributed by atoms with E-state index in [9.17, 15) is 4.79 Å². The highest BCUT2D eigenvalue weighted by Gasteiger charge is 2.59. The van der Waals surface area contributed by atoms with Gasteiger partial charge in [0.2, 0.25) is 0 Å². The molecule has 0 radical (unpaired) electrons. The summed E-state index contributed by atoms with van der Waals surface area (Å²) in [5.74, 6) is 2.61. The van der Waals surface area contributed by atoms with E-state index in [1.807, 2.05) is 6.08 Å². The van der Waals surface area contributed by atoms with Crippen LogP contribution in [0.1, 0.15) is 65.7 Å². The van der Waals surface area contributed by atoms with E-state index in [2.05, 4.69) is 32.7 Å². The van der Waals surface area contributed by atoms with Crippen LogP contribution in [-0.2, 0) is 9.53 Å². The first-order chi connectivity index (χ1) is 11.9. The molecule has 1 unspecified atom stereocenters. The molecule has 25 heavy (non-hydrogen) atoms. The van der Waals surface area contributed by atoms with Gasteiger partial charge >= 0.3 is 0 Å². The van der Waals surface area contributed by atoms with Crippen LogP contribution in [0.25, 0.3) is 0 Å². The number of hydrogen-bond donors (Lipinski definition) is 0. The van der Waals surface area contributed by atoms with E-state index in [-0.39, 0.29) is 5.41 Å². The molecule has 140 valence electrons. The van der Waals surface area contributed by atoms with Crippen molar-refractivity contribution in [2.75, 3.05) is 20.2 Å². The molecule has 0 amide bonds. The lowest BCUT2D eigenvalue weighted by Crippen LogP contribution is -2.56. The number of rotatable bonds is 3. The van der Waals surface area contributed by atoms with Gasteiger partial charge in [-0.2, -0.15) is 0 Å². The molecule has 3 heteroatoms. The molecule has 0 aromatic heterocycles. The first-order valence-electron chi connectivity index (χ1n) is 10.4. The fourth-order valence-corrected chi connectivity index (χ4v) is 6.97. The molecule has 1 heterocycles. The van der Waals surface area contributed by atoms with Crippen LogP contribution in [0, 0.1) is 28.6 Å². The molecule has 1 aliphatic heterocycles. The summed E-state index contributed by atoms with van der Waals surface area (Å²) >= 11 is 0. The van der Waals surface area contributed by atoms with E-state index in [1.165, 1.54) is 31.4 Å². The van der Waals surface area contributed by atoms with Crippen molar-refractivity contribution in [3.05, 3.63) is 11.8 Å². The summed E-state index contributed by atoms with van der Waals surface area (Å²) in [4.78, 5) is 14.4. The van der Waals surface area contributed by atoms with Crippen LogP contribution in [0.4, 0.5) is 0 Å². The maximum atomic E-state index is 12.0. The maximum absolute atomic E-state index is 12.0. The van der Waals surface area contributed by atoms with Crippen LogP contribution in [0.3, 0.4) is 0 Å². The highest BCUT2D eigenvalue weighted by atomic mass is 16.5. The highest BCUT2D eigenvalue weighted by molar-refractivity contribution is 5.91. The number of hydrogen-bond acceptors (Lipinski definition) is 3. The molecule has 0 bridgehead atoms. The van der Waals surface area contributed by atoms with Crippen molar-refractivity contribution >= 4 is 5.78 Å². The molecule has 0 aromatic carbocycles. The first kappa shape index (κ1) is 17.6. The number of ether oxygens (including phenoxy) is 1. The van der Waals surface area contributed by atoms with Gasteiger partial charge in [0.05, 0.1) is 6.10 Å². The van der Waals surface area contributed by atoms with E-state index >= 15 is 0 Å². The summed E-state index contributed by atoms with van der Waals surface area (Å²) in [6.45, 7) is 9.21.